The normalized spacial score (nSPS) is 11.7. The molecule has 2 aromatic heterocycles. The summed E-state index contributed by atoms with van der Waals surface area (Å²) in [5.41, 5.74) is -1.82. The van der Waals surface area contributed by atoms with Crippen LogP contribution in [0.3, 0.4) is 0 Å². The molecule has 1 aromatic carbocycles. The van der Waals surface area contributed by atoms with Gasteiger partial charge < -0.3 is 9.88 Å². The van der Waals surface area contributed by atoms with Gasteiger partial charge in [0, 0.05) is 19.8 Å². The predicted octanol–water partition coefficient (Wildman–Crippen LogP) is 1.09. The molecule has 11 heteroatoms. The predicted molar refractivity (Wildman–Crippen MR) is 90.3 cm³/mol. The molecular weight excluding hydrogens is 367 g/mol. The van der Waals surface area contributed by atoms with Gasteiger partial charge in [-0.1, -0.05) is 0 Å². The zero-order valence-corrected chi connectivity index (χ0v) is 14.2. The SMILES string of the molecule is Cn1cnc2c1c(=O)n(CC(=O)Nc1ccc(C(F)(F)F)cc1)c(=O)n2C. The Morgan fingerprint density at radius 1 is 1.15 bits per heavy atom. The summed E-state index contributed by atoms with van der Waals surface area (Å²) in [6.45, 7) is -0.590. The Labute approximate surface area is 149 Å². The van der Waals surface area contributed by atoms with E-state index in [1.807, 2.05) is 0 Å². The first kappa shape index (κ1) is 18.4. The first-order valence-electron chi connectivity index (χ1n) is 7.67. The Balaban J connectivity index is 1.87. The van der Waals surface area contributed by atoms with E-state index in [4.69, 9.17) is 0 Å². The Morgan fingerprint density at radius 3 is 2.37 bits per heavy atom. The zero-order chi connectivity index (χ0) is 19.9. The maximum Gasteiger partial charge on any atom is 0.416 e. The van der Waals surface area contributed by atoms with Crippen molar-refractivity contribution in [3.63, 3.8) is 0 Å². The number of aromatic nitrogens is 4. The van der Waals surface area contributed by atoms with Crippen molar-refractivity contribution in [3.8, 4) is 0 Å². The van der Waals surface area contributed by atoms with Crippen molar-refractivity contribution >= 4 is 22.8 Å². The van der Waals surface area contributed by atoms with Gasteiger partial charge in [0.25, 0.3) is 5.56 Å². The summed E-state index contributed by atoms with van der Waals surface area (Å²) < 4.78 is 41.0. The average Bonchev–Trinajstić information content (AvgIpc) is 2.98. The van der Waals surface area contributed by atoms with Crippen molar-refractivity contribution in [2.45, 2.75) is 12.7 Å². The van der Waals surface area contributed by atoms with Crippen LogP contribution in [0.4, 0.5) is 18.9 Å². The third kappa shape index (κ3) is 3.35. The third-order valence-electron chi connectivity index (χ3n) is 4.00. The first-order valence-corrected chi connectivity index (χ1v) is 7.67. The van der Waals surface area contributed by atoms with Gasteiger partial charge in [-0.05, 0) is 24.3 Å². The van der Waals surface area contributed by atoms with Crippen LogP contribution >= 0.6 is 0 Å². The minimum atomic E-state index is -4.49. The molecule has 0 saturated heterocycles. The summed E-state index contributed by atoms with van der Waals surface area (Å²) in [5, 5.41) is 2.36. The molecule has 3 aromatic rings. The van der Waals surface area contributed by atoms with E-state index >= 15 is 0 Å². The molecule has 0 atom stereocenters. The molecule has 27 heavy (non-hydrogen) atoms. The average molecular weight is 381 g/mol. The number of alkyl halides is 3. The van der Waals surface area contributed by atoms with Gasteiger partial charge in [0.1, 0.15) is 6.54 Å². The van der Waals surface area contributed by atoms with Crippen LogP contribution in [-0.4, -0.2) is 24.6 Å². The quantitative estimate of drug-likeness (QED) is 0.735. The van der Waals surface area contributed by atoms with Crippen molar-refractivity contribution in [1.29, 1.82) is 0 Å². The highest BCUT2D eigenvalue weighted by Crippen LogP contribution is 2.29. The highest BCUT2D eigenvalue weighted by Gasteiger charge is 2.30. The summed E-state index contributed by atoms with van der Waals surface area (Å²) in [4.78, 5) is 41.0. The minimum absolute atomic E-state index is 0.111. The molecule has 0 bridgehead atoms. The van der Waals surface area contributed by atoms with Gasteiger partial charge in [-0.2, -0.15) is 13.2 Å². The maximum atomic E-state index is 12.6. The van der Waals surface area contributed by atoms with E-state index in [9.17, 15) is 27.6 Å². The Morgan fingerprint density at radius 2 is 1.78 bits per heavy atom. The van der Waals surface area contributed by atoms with Crippen LogP contribution in [0.5, 0.6) is 0 Å². The van der Waals surface area contributed by atoms with Gasteiger partial charge in [0.05, 0.1) is 11.9 Å². The lowest BCUT2D eigenvalue weighted by Gasteiger charge is -2.10. The van der Waals surface area contributed by atoms with Gasteiger partial charge in [0.15, 0.2) is 11.2 Å². The van der Waals surface area contributed by atoms with Crippen LogP contribution < -0.4 is 16.6 Å². The first-order chi connectivity index (χ1) is 12.6. The van der Waals surface area contributed by atoms with Crippen molar-refractivity contribution in [2.75, 3.05) is 5.32 Å². The third-order valence-corrected chi connectivity index (χ3v) is 4.00. The van der Waals surface area contributed by atoms with Crippen LogP contribution in [-0.2, 0) is 31.6 Å². The van der Waals surface area contributed by atoms with Crippen molar-refractivity contribution < 1.29 is 18.0 Å². The molecule has 2 heterocycles. The van der Waals surface area contributed by atoms with Crippen molar-refractivity contribution in [2.24, 2.45) is 14.1 Å². The van der Waals surface area contributed by atoms with Gasteiger partial charge in [-0.15, -0.1) is 0 Å². The second-order valence-electron chi connectivity index (χ2n) is 5.88. The van der Waals surface area contributed by atoms with E-state index in [1.54, 1.807) is 7.05 Å². The topological polar surface area (TPSA) is 90.9 Å². The maximum absolute atomic E-state index is 12.6. The van der Waals surface area contributed by atoms with E-state index < -0.39 is 35.4 Å². The number of benzene rings is 1. The van der Waals surface area contributed by atoms with Crippen molar-refractivity contribution in [3.05, 3.63) is 57.0 Å². The summed E-state index contributed by atoms with van der Waals surface area (Å²) in [5.74, 6) is -0.726. The lowest BCUT2D eigenvalue weighted by molar-refractivity contribution is -0.137. The number of amides is 1. The molecule has 8 nitrogen and oxygen atoms in total. The number of hydrogen-bond donors (Lipinski definition) is 1. The standard InChI is InChI=1S/C16H14F3N5O3/c1-22-8-20-13-12(22)14(26)24(15(27)23(13)2)7-11(25)21-10-5-3-9(4-6-10)16(17,18)19/h3-6,8H,7H2,1-2H3,(H,21,25). The Hall–Kier alpha value is -3.37. The number of imidazole rings is 1. The minimum Gasteiger partial charge on any atom is -0.328 e. The molecule has 0 radical (unpaired) electrons. The molecule has 0 spiro atoms. The molecule has 0 aliphatic carbocycles. The molecule has 0 saturated carbocycles. The van der Waals surface area contributed by atoms with E-state index in [2.05, 4.69) is 10.3 Å². The van der Waals surface area contributed by atoms with Crippen LogP contribution in [0.1, 0.15) is 5.56 Å². The summed E-state index contributed by atoms with van der Waals surface area (Å²) in [6.07, 6.45) is -3.11. The number of fused-ring (bicyclic) bond motifs is 1. The van der Waals surface area contributed by atoms with Crippen LogP contribution in [0.2, 0.25) is 0 Å². The second kappa shape index (κ2) is 6.41. The largest absolute Gasteiger partial charge is 0.416 e. The molecule has 142 valence electrons. The van der Waals surface area contributed by atoms with E-state index in [0.29, 0.717) is 0 Å². The van der Waals surface area contributed by atoms with Crippen molar-refractivity contribution in [1.82, 2.24) is 18.7 Å². The lowest BCUT2D eigenvalue weighted by atomic mass is 10.2. The number of carbonyl (C=O) groups is 1. The molecule has 1 N–H and O–H groups in total. The Bertz CT molecular complexity index is 1140. The van der Waals surface area contributed by atoms with Gasteiger partial charge >= 0.3 is 11.9 Å². The Kier molecular flexibility index (Phi) is 4.38. The molecule has 0 unspecified atom stereocenters. The lowest BCUT2D eigenvalue weighted by Crippen LogP contribution is -2.42. The number of anilines is 1. The van der Waals surface area contributed by atoms with Gasteiger partial charge in [-0.25, -0.2) is 14.3 Å². The number of carbonyl (C=O) groups excluding carboxylic acids is 1. The second-order valence-corrected chi connectivity index (χ2v) is 5.88. The summed E-state index contributed by atoms with van der Waals surface area (Å²) >= 11 is 0. The fraction of sp³-hybridized carbons (Fsp3) is 0.250. The number of nitrogens with one attached hydrogen (secondary N) is 1. The van der Waals surface area contributed by atoms with E-state index in [0.717, 1.165) is 33.4 Å². The van der Waals surface area contributed by atoms with Gasteiger partial charge in [0.2, 0.25) is 5.91 Å². The summed E-state index contributed by atoms with van der Waals surface area (Å²) in [6, 6.07) is 3.82. The fourth-order valence-corrected chi connectivity index (χ4v) is 2.62. The number of hydrogen-bond acceptors (Lipinski definition) is 4. The summed E-state index contributed by atoms with van der Waals surface area (Å²) in [7, 11) is 3.00. The highest BCUT2D eigenvalue weighted by molar-refractivity contribution is 5.90. The zero-order valence-electron chi connectivity index (χ0n) is 14.2. The van der Waals surface area contributed by atoms with Crippen LogP contribution in [0.25, 0.3) is 11.2 Å². The fourth-order valence-electron chi connectivity index (χ4n) is 2.62. The van der Waals surface area contributed by atoms with Crippen LogP contribution in [0, 0.1) is 0 Å². The molecule has 0 fully saturated rings. The molecule has 3 rings (SSSR count). The highest BCUT2D eigenvalue weighted by atomic mass is 19.4. The number of rotatable bonds is 3. The van der Waals surface area contributed by atoms with Crippen LogP contribution in [0.15, 0.2) is 40.2 Å². The smallest absolute Gasteiger partial charge is 0.328 e. The van der Waals surface area contributed by atoms with E-state index in [1.165, 1.54) is 17.9 Å². The van der Waals surface area contributed by atoms with E-state index in [-0.39, 0.29) is 16.9 Å². The molecular formula is C16H14F3N5O3. The molecule has 0 aliphatic rings. The number of halogens is 3. The molecule has 0 aliphatic heterocycles. The number of aryl methyl sites for hydroxylation is 2. The van der Waals surface area contributed by atoms with Gasteiger partial charge in [-0.3, -0.25) is 14.2 Å². The molecule has 1 amide bonds. The number of nitrogens with zero attached hydrogens (tertiary/aromatic N) is 4. The monoisotopic (exact) mass is 381 g/mol.